The van der Waals surface area contributed by atoms with Crippen molar-refractivity contribution in [2.24, 2.45) is 0 Å². The Balaban J connectivity index is 2.02. The Morgan fingerprint density at radius 3 is 3.16 bits per heavy atom. The Morgan fingerprint density at radius 1 is 1.47 bits per heavy atom. The van der Waals surface area contributed by atoms with Gasteiger partial charge in [-0.1, -0.05) is 6.07 Å². The van der Waals surface area contributed by atoms with E-state index in [0.29, 0.717) is 28.3 Å². The largest absolute Gasteiger partial charge is 0.437 e. The van der Waals surface area contributed by atoms with Gasteiger partial charge >= 0.3 is 0 Å². The van der Waals surface area contributed by atoms with Crippen molar-refractivity contribution in [2.45, 2.75) is 0 Å². The van der Waals surface area contributed by atoms with Crippen LogP contribution in [-0.2, 0) is 0 Å². The van der Waals surface area contributed by atoms with E-state index in [1.165, 1.54) is 11.3 Å². The van der Waals surface area contributed by atoms with Gasteiger partial charge in [-0.15, -0.1) is 11.3 Å². The number of rotatable bonds is 3. The molecule has 0 spiro atoms. The molecule has 19 heavy (non-hydrogen) atoms. The quantitative estimate of drug-likeness (QED) is 0.686. The third kappa shape index (κ3) is 1.96. The minimum Gasteiger partial charge on any atom is -0.437 e. The smallest absolute Gasteiger partial charge is 0.250 e. The second kappa shape index (κ2) is 4.55. The van der Waals surface area contributed by atoms with E-state index >= 15 is 0 Å². The van der Waals surface area contributed by atoms with Crippen LogP contribution in [0, 0.1) is 11.3 Å². The fourth-order valence-electron chi connectivity index (χ4n) is 1.71. The first-order valence-corrected chi connectivity index (χ1v) is 6.28. The zero-order chi connectivity index (χ0) is 13.2. The van der Waals surface area contributed by atoms with Gasteiger partial charge in [0.05, 0.1) is 11.6 Å². The van der Waals surface area contributed by atoms with Crippen molar-refractivity contribution >= 4 is 22.6 Å². The zero-order valence-corrected chi connectivity index (χ0v) is 10.4. The summed E-state index contributed by atoms with van der Waals surface area (Å²) in [7, 11) is 0. The number of hydrogen-bond acceptors (Lipinski definition) is 5. The van der Waals surface area contributed by atoms with Gasteiger partial charge in [-0.3, -0.25) is 9.20 Å². The molecule has 5 nitrogen and oxygen atoms in total. The molecular formula is C13H7N3O2S. The highest BCUT2D eigenvalue weighted by atomic mass is 32.1. The number of carbonyl (C=O) groups is 1. The van der Waals surface area contributed by atoms with Gasteiger partial charge in [-0.25, -0.2) is 0 Å². The minimum absolute atomic E-state index is 0.247. The summed E-state index contributed by atoms with van der Waals surface area (Å²) in [5.74, 6) is 0.727. The lowest BCUT2D eigenvalue weighted by atomic mass is 10.2. The number of thiazole rings is 1. The molecule has 0 aliphatic heterocycles. The Kier molecular flexibility index (Phi) is 2.74. The second-order valence-electron chi connectivity index (χ2n) is 3.72. The van der Waals surface area contributed by atoms with Gasteiger partial charge in [0.1, 0.15) is 5.75 Å². The molecule has 2 heterocycles. The Labute approximate surface area is 112 Å². The number of nitriles is 1. The van der Waals surface area contributed by atoms with Crippen molar-refractivity contribution in [3.05, 3.63) is 47.1 Å². The number of ether oxygens (including phenoxy) is 1. The first-order valence-electron chi connectivity index (χ1n) is 5.40. The van der Waals surface area contributed by atoms with Crippen LogP contribution in [0.15, 0.2) is 35.8 Å². The lowest BCUT2D eigenvalue weighted by molar-refractivity contribution is 0.111. The molecule has 2 aromatic heterocycles. The molecule has 0 unspecified atom stereocenters. The van der Waals surface area contributed by atoms with E-state index in [1.807, 2.05) is 11.4 Å². The van der Waals surface area contributed by atoms with Gasteiger partial charge in [-0.05, 0) is 18.2 Å². The molecule has 0 aliphatic rings. The molecule has 0 fully saturated rings. The summed E-state index contributed by atoms with van der Waals surface area (Å²) < 4.78 is 7.25. The van der Waals surface area contributed by atoms with Crippen LogP contribution in [0.25, 0.3) is 4.96 Å². The molecule has 0 aliphatic carbocycles. The summed E-state index contributed by atoms with van der Waals surface area (Å²) in [6.07, 6.45) is 2.46. The van der Waals surface area contributed by atoms with Crippen molar-refractivity contribution in [1.29, 1.82) is 5.26 Å². The Hall–Kier alpha value is -2.65. The lowest BCUT2D eigenvalue weighted by Gasteiger charge is -2.02. The van der Waals surface area contributed by atoms with Crippen molar-refractivity contribution in [3.8, 4) is 17.7 Å². The Morgan fingerprint density at radius 2 is 2.37 bits per heavy atom. The molecule has 0 N–H and O–H groups in total. The summed E-state index contributed by atoms with van der Waals surface area (Å²) in [6.45, 7) is 0. The van der Waals surface area contributed by atoms with Crippen LogP contribution in [0.5, 0.6) is 11.6 Å². The predicted octanol–water partition coefficient (Wildman–Crippen LogP) is 2.87. The summed E-state index contributed by atoms with van der Waals surface area (Å²) in [4.78, 5) is 16.1. The van der Waals surface area contributed by atoms with Crippen LogP contribution in [0.1, 0.15) is 16.1 Å². The molecule has 0 saturated carbocycles. The molecular weight excluding hydrogens is 262 g/mol. The molecule has 0 amide bonds. The molecule has 0 bridgehead atoms. The van der Waals surface area contributed by atoms with Gasteiger partial charge in [0.25, 0.3) is 0 Å². The van der Waals surface area contributed by atoms with E-state index in [1.54, 1.807) is 34.9 Å². The number of nitrogens with zero attached hydrogens (tertiary/aromatic N) is 3. The summed E-state index contributed by atoms with van der Waals surface area (Å²) in [6, 6.07) is 8.74. The number of aldehydes is 1. The molecule has 92 valence electrons. The van der Waals surface area contributed by atoms with Crippen LogP contribution in [-0.4, -0.2) is 15.7 Å². The molecule has 0 atom stereocenters. The number of fused-ring (bicyclic) bond motifs is 1. The molecule has 1 aromatic carbocycles. The zero-order valence-electron chi connectivity index (χ0n) is 9.61. The van der Waals surface area contributed by atoms with Crippen LogP contribution >= 0.6 is 11.3 Å². The maximum absolute atomic E-state index is 11.1. The molecule has 0 saturated heterocycles. The molecule has 6 heteroatoms. The van der Waals surface area contributed by atoms with Crippen LogP contribution in [0.4, 0.5) is 0 Å². The minimum atomic E-state index is 0.247. The maximum atomic E-state index is 11.1. The van der Waals surface area contributed by atoms with Crippen LogP contribution < -0.4 is 4.74 Å². The Bertz CT molecular complexity index is 798. The average molecular weight is 269 g/mol. The third-order valence-electron chi connectivity index (χ3n) is 2.55. The van der Waals surface area contributed by atoms with E-state index in [9.17, 15) is 4.79 Å². The summed E-state index contributed by atoms with van der Waals surface area (Å²) in [5.41, 5.74) is 0.852. The highest BCUT2D eigenvalue weighted by Crippen LogP contribution is 2.27. The van der Waals surface area contributed by atoms with Crippen molar-refractivity contribution in [3.63, 3.8) is 0 Å². The fraction of sp³-hybridized carbons (Fsp3) is 0. The highest BCUT2D eigenvalue weighted by molar-refractivity contribution is 7.15. The fourth-order valence-corrected chi connectivity index (χ4v) is 2.42. The van der Waals surface area contributed by atoms with Gasteiger partial charge in [0.15, 0.2) is 16.9 Å². The maximum Gasteiger partial charge on any atom is 0.250 e. The monoisotopic (exact) mass is 269 g/mol. The first-order chi connectivity index (χ1) is 9.31. The number of carbonyl (C=O) groups excluding carboxylic acids is 1. The third-order valence-corrected chi connectivity index (χ3v) is 3.31. The van der Waals surface area contributed by atoms with E-state index < -0.39 is 0 Å². The summed E-state index contributed by atoms with van der Waals surface area (Å²) >= 11 is 1.42. The van der Waals surface area contributed by atoms with Crippen LogP contribution in [0.2, 0.25) is 0 Å². The highest BCUT2D eigenvalue weighted by Gasteiger charge is 2.14. The SMILES string of the molecule is N#Cc1cccc(Oc2nc3sccn3c2C=O)c1. The van der Waals surface area contributed by atoms with E-state index in [4.69, 9.17) is 10.00 Å². The van der Waals surface area contributed by atoms with Gasteiger partial charge in [0, 0.05) is 11.6 Å². The normalized spacial score (nSPS) is 10.3. The van der Waals surface area contributed by atoms with E-state index in [2.05, 4.69) is 4.98 Å². The van der Waals surface area contributed by atoms with Crippen molar-refractivity contribution in [2.75, 3.05) is 0 Å². The number of aromatic nitrogens is 2. The molecule has 3 aromatic rings. The van der Waals surface area contributed by atoms with Crippen molar-refractivity contribution in [1.82, 2.24) is 9.38 Å². The van der Waals surface area contributed by atoms with Crippen LogP contribution in [0.3, 0.4) is 0 Å². The summed E-state index contributed by atoms with van der Waals surface area (Å²) in [5, 5.41) is 10.7. The van der Waals surface area contributed by atoms with E-state index in [-0.39, 0.29) is 5.88 Å². The van der Waals surface area contributed by atoms with E-state index in [0.717, 1.165) is 0 Å². The number of hydrogen-bond donors (Lipinski definition) is 0. The lowest BCUT2D eigenvalue weighted by Crippen LogP contribution is -1.92. The predicted molar refractivity (Wildman–Crippen MR) is 69.7 cm³/mol. The standard InChI is InChI=1S/C13H7N3O2S/c14-7-9-2-1-3-10(6-9)18-12-11(8-17)16-4-5-19-13(16)15-12/h1-6,8H. The number of imidazole rings is 1. The average Bonchev–Trinajstić information content (AvgIpc) is 2.99. The number of benzene rings is 1. The topological polar surface area (TPSA) is 67.4 Å². The molecule has 0 radical (unpaired) electrons. The second-order valence-corrected chi connectivity index (χ2v) is 4.59. The van der Waals surface area contributed by atoms with Gasteiger partial charge in [-0.2, -0.15) is 10.2 Å². The van der Waals surface area contributed by atoms with Gasteiger partial charge in [0.2, 0.25) is 5.88 Å². The molecule has 3 rings (SSSR count). The van der Waals surface area contributed by atoms with Crippen molar-refractivity contribution < 1.29 is 9.53 Å². The first kappa shape index (κ1) is 11.4. The van der Waals surface area contributed by atoms with Gasteiger partial charge < -0.3 is 4.74 Å².